The lowest BCUT2D eigenvalue weighted by Crippen LogP contribution is -2.41. The molecular formula is C22H23F3N4O4. The van der Waals surface area contributed by atoms with Gasteiger partial charge in [-0.05, 0) is 56.9 Å². The zero-order valence-corrected chi connectivity index (χ0v) is 17.8. The summed E-state index contributed by atoms with van der Waals surface area (Å²) in [4.78, 5) is 31.0. The summed E-state index contributed by atoms with van der Waals surface area (Å²) in [5, 5.41) is 2.67. The van der Waals surface area contributed by atoms with Crippen LogP contribution in [0, 0.1) is 12.8 Å². The largest absolute Gasteiger partial charge is 0.573 e. The van der Waals surface area contributed by atoms with E-state index in [9.17, 15) is 22.8 Å². The molecule has 1 aliphatic heterocycles. The van der Waals surface area contributed by atoms with Gasteiger partial charge in [0, 0.05) is 18.2 Å². The molecule has 4 rings (SSSR count). The predicted octanol–water partition coefficient (Wildman–Crippen LogP) is 4.40. The molecule has 2 aliphatic rings. The van der Waals surface area contributed by atoms with Crippen molar-refractivity contribution in [3.05, 3.63) is 42.2 Å². The molecule has 176 valence electrons. The second-order valence-corrected chi connectivity index (χ2v) is 8.31. The third-order valence-corrected chi connectivity index (χ3v) is 6.02. The molecule has 3 N–H and O–H groups in total. The van der Waals surface area contributed by atoms with Gasteiger partial charge < -0.3 is 20.5 Å². The van der Waals surface area contributed by atoms with Gasteiger partial charge in [-0.15, -0.1) is 13.2 Å². The molecule has 0 atom stereocenters. The normalized spacial score (nSPS) is 22.8. The Labute approximate surface area is 187 Å². The number of hydrogen-bond donors (Lipinski definition) is 2. The molecule has 2 aromatic rings. The Morgan fingerprint density at radius 2 is 2.03 bits per heavy atom. The molecular weight excluding hydrogens is 441 g/mol. The number of halogens is 3. The molecule has 33 heavy (non-hydrogen) atoms. The van der Waals surface area contributed by atoms with E-state index in [0.29, 0.717) is 37.9 Å². The minimum Gasteiger partial charge on any atom is -0.441 e. The first kappa shape index (κ1) is 22.7. The Balaban J connectivity index is 1.36. The third-order valence-electron chi connectivity index (χ3n) is 6.02. The van der Waals surface area contributed by atoms with Crippen molar-refractivity contribution in [1.82, 2.24) is 4.98 Å². The highest BCUT2D eigenvalue weighted by atomic mass is 19.4. The fourth-order valence-electron chi connectivity index (χ4n) is 4.32. The smallest absolute Gasteiger partial charge is 0.441 e. The Bertz CT molecular complexity index is 1070. The van der Waals surface area contributed by atoms with Crippen LogP contribution in [0.4, 0.5) is 35.0 Å². The van der Waals surface area contributed by atoms with Gasteiger partial charge in [-0.1, -0.05) is 0 Å². The van der Waals surface area contributed by atoms with Crippen molar-refractivity contribution in [2.75, 3.05) is 22.5 Å². The quantitative estimate of drug-likeness (QED) is 0.650. The van der Waals surface area contributed by atoms with E-state index in [2.05, 4.69) is 15.0 Å². The standard InChI is InChI=1S/C22H23F3N4O4/c1-13-18(3-2-10-27-13)29-12-21(33-20(29)31)8-6-14(7-9-21)19(30)28-17-5-4-15(11-16(17)26)32-22(23,24)25/h2-5,10-11,14H,6-9,12,26H2,1H3,(H,28,30). The van der Waals surface area contributed by atoms with Crippen LogP contribution in [-0.2, 0) is 9.53 Å². The molecule has 1 aromatic heterocycles. The minimum absolute atomic E-state index is 0.0374. The van der Waals surface area contributed by atoms with E-state index < -0.39 is 23.8 Å². The second kappa shape index (κ2) is 8.45. The molecule has 1 saturated heterocycles. The number of hydrogen-bond acceptors (Lipinski definition) is 6. The van der Waals surface area contributed by atoms with Crippen LogP contribution in [0.2, 0.25) is 0 Å². The molecule has 0 radical (unpaired) electrons. The summed E-state index contributed by atoms with van der Waals surface area (Å²) < 4.78 is 46.6. The molecule has 1 saturated carbocycles. The summed E-state index contributed by atoms with van der Waals surface area (Å²) >= 11 is 0. The molecule has 0 bridgehead atoms. The number of nitrogens with zero attached hydrogens (tertiary/aromatic N) is 2. The van der Waals surface area contributed by atoms with Gasteiger partial charge in [0.2, 0.25) is 5.91 Å². The summed E-state index contributed by atoms with van der Waals surface area (Å²) in [6.07, 6.45) is -1.58. The van der Waals surface area contributed by atoms with Crippen LogP contribution in [0.15, 0.2) is 36.5 Å². The first-order valence-corrected chi connectivity index (χ1v) is 10.4. The van der Waals surface area contributed by atoms with Crippen molar-refractivity contribution in [2.24, 2.45) is 5.92 Å². The number of benzene rings is 1. The molecule has 0 unspecified atom stereocenters. The van der Waals surface area contributed by atoms with E-state index in [4.69, 9.17) is 10.5 Å². The lowest BCUT2D eigenvalue weighted by molar-refractivity contribution is -0.274. The third kappa shape index (κ3) is 4.96. The summed E-state index contributed by atoms with van der Waals surface area (Å²) in [5.41, 5.74) is 6.72. The number of aryl methyl sites for hydroxylation is 1. The number of aromatic nitrogens is 1. The van der Waals surface area contributed by atoms with Crippen LogP contribution in [0.5, 0.6) is 5.75 Å². The van der Waals surface area contributed by atoms with E-state index in [1.807, 2.05) is 13.0 Å². The van der Waals surface area contributed by atoms with Gasteiger partial charge in [0.05, 0.1) is 29.3 Å². The Kier molecular flexibility index (Phi) is 5.81. The number of alkyl halides is 3. The van der Waals surface area contributed by atoms with Crippen molar-refractivity contribution in [3.63, 3.8) is 0 Å². The number of carbonyl (C=O) groups is 2. The van der Waals surface area contributed by atoms with Crippen molar-refractivity contribution < 1.29 is 32.2 Å². The number of nitrogens with two attached hydrogens (primary N) is 1. The number of nitrogens with one attached hydrogen (secondary N) is 1. The molecule has 2 heterocycles. The Morgan fingerprint density at radius 1 is 1.30 bits per heavy atom. The lowest BCUT2D eigenvalue weighted by atomic mass is 9.78. The molecule has 1 aliphatic carbocycles. The first-order valence-electron chi connectivity index (χ1n) is 10.4. The van der Waals surface area contributed by atoms with Gasteiger partial charge in [0.25, 0.3) is 0 Å². The minimum atomic E-state index is -4.83. The maximum absolute atomic E-state index is 12.7. The fraction of sp³-hybridized carbons (Fsp3) is 0.409. The van der Waals surface area contributed by atoms with Gasteiger partial charge in [0.1, 0.15) is 11.4 Å². The number of pyridine rings is 1. The number of ether oxygens (including phenoxy) is 2. The maximum atomic E-state index is 12.7. The summed E-state index contributed by atoms with van der Waals surface area (Å²) in [5.74, 6) is -1.09. The van der Waals surface area contributed by atoms with Gasteiger partial charge in [-0.25, -0.2) is 4.79 Å². The number of amides is 2. The van der Waals surface area contributed by atoms with Crippen LogP contribution in [0.1, 0.15) is 31.4 Å². The van der Waals surface area contributed by atoms with E-state index >= 15 is 0 Å². The van der Waals surface area contributed by atoms with Gasteiger partial charge >= 0.3 is 12.5 Å². The highest BCUT2D eigenvalue weighted by molar-refractivity contribution is 5.95. The Hall–Kier alpha value is -3.50. The average molecular weight is 464 g/mol. The van der Waals surface area contributed by atoms with Crippen LogP contribution in [0.25, 0.3) is 0 Å². The molecule has 2 amide bonds. The zero-order chi connectivity index (χ0) is 23.8. The monoisotopic (exact) mass is 464 g/mol. The average Bonchev–Trinajstić information content (AvgIpc) is 3.05. The topological polar surface area (TPSA) is 107 Å². The molecule has 11 heteroatoms. The second-order valence-electron chi connectivity index (χ2n) is 8.31. The number of rotatable bonds is 4. The van der Waals surface area contributed by atoms with Crippen molar-refractivity contribution >= 4 is 29.1 Å². The summed E-state index contributed by atoms with van der Waals surface area (Å²) in [7, 11) is 0. The van der Waals surface area contributed by atoms with Crippen molar-refractivity contribution in [1.29, 1.82) is 0 Å². The van der Waals surface area contributed by atoms with Crippen LogP contribution >= 0.6 is 0 Å². The van der Waals surface area contributed by atoms with Crippen molar-refractivity contribution in [3.8, 4) is 5.75 Å². The SMILES string of the molecule is Cc1ncccc1N1CC2(CCC(C(=O)Nc3ccc(OC(F)(F)F)cc3N)CC2)OC1=O. The molecule has 1 spiro atoms. The molecule has 2 fully saturated rings. The van der Waals surface area contributed by atoms with Gasteiger partial charge in [0.15, 0.2) is 0 Å². The van der Waals surface area contributed by atoms with E-state index in [-0.39, 0.29) is 23.2 Å². The van der Waals surface area contributed by atoms with E-state index in [1.54, 1.807) is 17.2 Å². The first-order chi connectivity index (χ1) is 15.6. The van der Waals surface area contributed by atoms with Gasteiger partial charge in [-0.2, -0.15) is 0 Å². The maximum Gasteiger partial charge on any atom is 0.573 e. The van der Waals surface area contributed by atoms with Crippen LogP contribution in [0.3, 0.4) is 0 Å². The lowest BCUT2D eigenvalue weighted by Gasteiger charge is -2.34. The zero-order valence-electron chi connectivity index (χ0n) is 17.8. The summed E-state index contributed by atoms with van der Waals surface area (Å²) in [6.45, 7) is 2.21. The van der Waals surface area contributed by atoms with Crippen molar-refractivity contribution in [2.45, 2.75) is 44.6 Å². The summed E-state index contributed by atoms with van der Waals surface area (Å²) in [6, 6.07) is 6.94. The van der Waals surface area contributed by atoms with E-state index in [0.717, 1.165) is 17.8 Å². The number of carbonyl (C=O) groups excluding carboxylic acids is 2. The van der Waals surface area contributed by atoms with Crippen LogP contribution < -0.4 is 20.7 Å². The number of anilines is 3. The fourth-order valence-corrected chi connectivity index (χ4v) is 4.32. The van der Waals surface area contributed by atoms with Gasteiger partial charge in [-0.3, -0.25) is 14.7 Å². The predicted molar refractivity (Wildman–Crippen MR) is 114 cm³/mol. The number of nitrogen functional groups attached to an aromatic ring is 1. The molecule has 8 nitrogen and oxygen atoms in total. The Morgan fingerprint density at radius 3 is 2.67 bits per heavy atom. The highest BCUT2D eigenvalue weighted by Crippen LogP contribution is 2.41. The van der Waals surface area contributed by atoms with Crippen LogP contribution in [-0.4, -0.2) is 35.5 Å². The highest BCUT2D eigenvalue weighted by Gasteiger charge is 2.48. The van der Waals surface area contributed by atoms with E-state index in [1.165, 1.54) is 6.07 Å². The molecule has 1 aromatic carbocycles.